The normalized spacial score (nSPS) is 18.0. The number of carbonyl (C=O) groups is 3. The first kappa shape index (κ1) is 17.6. The maximum Gasteiger partial charge on any atom is 0.266 e. The number of hydrogen-bond acceptors (Lipinski definition) is 5. The largest absolute Gasteiger partial charge is 0.304 e. The number of piperazine rings is 1. The lowest BCUT2D eigenvalue weighted by molar-refractivity contribution is 0.0875. The van der Waals surface area contributed by atoms with Crippen molar-refractivity contribution >= 4 is 23.3 Å². The number of likely N-dealkylation sites (N-methyl/N-ethyl adjacent to an activating group) is 1. The van der Waals surface area contributed by atoms with E-state index in [1.807, 2.05) is 0 Å². The second-order valence-electron chi connectivity index (χ2n) is 7.04. The summed E-state index contributed by atoms with van der Waals surface area (Å²) in [5.74, 6) is -0.604. The summed E-state index contributed by atoms with van der Waals surface area (Å²) in [7, 11) is 2.08. The fraction of sp³-hybridized carbons (Fsp3) is 0.286. The average molecular weight is 363 g/mol. The molecule has 0 bridgehead atoms. The van der Waals surface area contributed by atoms with E-state index in [1.165, 1.54) is 4.90 Å². The van der Waals surface area contributed by atoms with E-state index in [2.05, 4.69) is 16.8 Å². The van der Waals surface area contributed by atoms with Crippen LogP contribution in [-0.4, -0.2) is 67.2 Å². The van der Waals surface area contributed by atoms with Gasteiger partial charge < -0.3 is 4.90 Å². The van der Waals surface area contributed by atoms with Crippen LogP contribution in [0.3, 0.4) is 0 Å². The Balaban J connectivity index is 1.47. The second kappa shape index (κ2) is 7.06. The summed E-state index contributed by atoms with van der Waals surface area (Å²) >= 11 is 0. The molecule has 2 heterocycles. The van der Waals surface area contributed by atoms with Crippen molar-refractivity contribution in [3.63, 3.8) is 0 Å². The predicted molar refractivity (Wildman–Crippen MR) is 102 cm³/mol. The molecule has 0 aliphatic carbocycles. The Labute approximate surface area is 158 Å². The zero-order valence-corrected chi connectivity index (χ0v) is 15.2. The molecule has 6 nitrogen and oxygen atoms in total. The lowest BCUT2D eigenvalue weighted by Crippen LogP contribution is -2.46. The van der Waals surface area contributed by atoms with Crippen molar-refractivity contribution in [3.8, 4) is 0 Å². The zero-order chi connectivity index (χ0) is 19.0. The lowest BCUT2D eigenvalue weighted by Gasteiger charge is -2.31. The van der Waals surface area contributed by atoms with Crippen LogP contribution < -0.4 is 4.90 Å². The first-order chi connectivity index (χ1) is 13.0. The van der Waals surface area contributed by atoms with Crippen LogP contribution in [0, 0.1) is 0 Å². The maximum atomic E-state index is 12.5. The smallest absolute Gasteiger partial charge is 0.266 e. The van der Waals surface area contributed by atoms with Gasteiger partial charge in [0.1, 0.15) is 0 Å². The fourth-order valence-electron chi connectivity index (χ4n) is 3.52. The third-order valence-electron chi connectivity index (χ3n) is 5.20. The fourth-order valence-corrected chi connectivity index (χ4v) is 3.52. The van der Waals surface area contributed by atoms with E-state index in [0.29, 0.717) is 28.9 Å². The molecule has 0 saturated carbocycles. The Bertz CT molecular complexity index is 864. The Morgan fingerprint density at radius 1 is 0.852 bits per heavy atom. The van der Waals surface area contributed by atoms with Gasteiger partial charge in [0, 0.05) is 31.7 Å². The highest BCUT2D eigenvalue weighted by Gasteiger charge is 2.36. The summed E-state index contributed by atoms with van der Waals surface area (Å²) < 4.78 is 0. The first-order valence-corrected chi connectivity index (χ1v) is 9.06. The number of imide groups is 1. The highest BCUT2D eigenvalue weighted by molar-refractivity contribution is 6.34. The van der Waals surface area contributed by atoms with Gasteiger partial charge >= 0.3 is 0 Å². The van der Waals surface area contributed by atoms with E-state index in [0.717, 1.165) is 26.2 Å². The van der Waals surface area contributed by atoms with E-state index in [-0.39, 0.29) is 17.6 Å². The number of anilines is 1. The van der Waals surface area contributed by atoms with Gasteiger partial charge in [-0.25, -0.2) is 4.90 Å². The minimum absolute atomic E-state index is 0.0495. The van der Waals surface area contributed by atoms with Crippen molar-refractivity contribution < 1.29 is 14.4 Å². The maximum absolute atomic E-state index is 12.5. The molecule has 2 aromatic carbocycles. The number of rotatable bonds is 4. The van der Waals surface area contributed by atoms with Crippen molar-refractivity contribution in [2.45, 2.75) is 0 Å². The van der Waals surface area contributed by atoms with E-state index >= 15 is 0 Å². The Hall–Kier alpha value is -2.83. The third kappa shape index (κ3) is 3.29. The summed E-state index contributed by atoms with van der Waals surface area (Å²) in [5.41, 5.74) is 1.90. The zero-order valence-electron chi connectivity index (χ0n) is 15.2. The number of fused-ring (bicyclic) bond motifs is 1. The number of nitrogens with zero attached hydrogens (tertiary/aromatic N) is 3. The summed E-state index contributed by atoms with van der Waals surface area (Å²) in [6.07, 6.45) is 0. The van der Waals surface area contributed by atoms with Crippen LogP contribution in [0.2, 0.25) is 0 Å². The number of amides is 2. The number of ketones is 1. The Morgan fingerprint density at radius 3 is 1.96 bits per heavy atom. The van der Waals surface area contributed by atoms with Crippen LogP contribution in [0.1, 0.15) is 31.1 Å². The van der Waals surface area contributed by atoms with Crippen LogP contribution >= 0.6 is 0 Å². The van der Waals surface area contributed by atoms with Gasteiger partial charge in [-0.1, -0.05) is 12.1 Å². The summed E-state index contributed by atoms with van der Waals surface area (Å²) in [6, 6.07) is 13.5. The van der Waals surface area contributed by atoms with Gasteiger partial charge in [0.05, 0.1) is 23.4 Å². The highest BCUT2D eigenvalue weighted by Crippen LogP contribution is 2.28. The van der Waals surface area contributed by atoms with Gasteiger partial charge in [-0.05, 0) is 43.4 Å². The molecule has 0 N–H and O–H groups in total. The minimum atomic E-state index is -0.327. The molecule has 2 aliphatic rings. The van der Waals surface area contributed by atoms with E-state index in [9.17, 15) is 14.4 Å². The van der Waals surface area contributed by atoms with Gasteiger partial charge in [0.15, 0.2) is 5.78 Å². The quantitative estimate of drug-likeness (QED) is 0.614. The van der Waals surface area contributed by atoms with Crippen LogP contribution in [0.5, 0.6) is 0 Å². The second-order valence-corrected chi connectivity index (χ2v) is 7.04. The number of hydrogen-bond donors (Lipinski definition) is 0. The van der Waals surface area contributed by atoms with Crippen LogP contribution in [-0.2, 0) is 0 Å². The molecule has 0 aromatic heterocycles. The topological polar surface area (TPSA) is 60.9 Å². The molecule has 0 radical (unpaired) electrons. The number of Topliss-reactive ketones (excluding diaryl/α,β-unsaturated/α-hetero) is 1. The molecule has 0 atom stereocenters. The van der Waals surface area contributed by atoms with E-state index < -0.39 is 0 Å². The van der Waals surface area contributed by atoms with Crippen LogP contribution in [0.25, 0.3) is 0 Å². The van der Waals surface area contributed by atoms with Gasteiger partial charge in [-0.3, -0.25) is 19.3 Å². The van der Waals surface area contributed by atoms with Crippen molar-refractivity contribution in [2.75, 3.05) is 44.7 Å². The lowest BCUT2D eigenvalue weighted by atomic mass is 10.1. The van der Waals surface area contributed by atoms with Crippen LogP contribution in [0.4, 0.5) is 5.69 Å². The number of benzene rings is 2. The van der Waals surface area contributed by atoms with Crippen molar-refractivity contribution in [1.82, 2.24) is 9.80 Å². The molecule has 6 heteroatoms. The van der Waals surface area contributed by atoms with Crippen molar-refractivity contribution in [3.05, 3.63) is 65.2 Å². The highest BCUT2D eigenvalue weighted by atomic mass is 16.2. The molecule has 1 saturated heterocycles. The molecular formula is C21H21N3O3. The molecule has 2 aromatic rings. The van der Waals surface area contributed by atoms with E-state index in [1.54, 1.807) is 48.5 Å². The molecule has 138 valence electrons. The van der Waals surface area contributed by atoms with Gasteiger partial charge in [-0.2, -0.15) is 0 Å². The van der Waals surface area contributed by atoms with E-state index in [4.69, 9.17) is 0 Å². The monoisotopic (exact) mass is 363 g/mol. The summed E-state index contributed by atoms with van der Waals surface area (Å²) in [6.45, 7) is 4.09. The van der Waals surface area contributed by atoms with Gasteiger partial charge in [-0.15, -0.1) is 0 Å². The molecular weight excluding hydrogens is 342 g/mol. The summed E-state index contributed by atoms with van der Waals surface area (Å²) in [5, 5.41) is 0. The third-order valence-corrected chi connectivity index (χ3v) is 5.20. The molecule has 2 aliphatic heterocycles. The molecule has 4 rings (SSSR count). The van der Waals surface area contributed by atoms with Gasteiger partial charge in [0.2, 0.25) is 0 Å². The average Bonchev–Trinajstić information content (AvgIpc) is 2.95. The minimum Gasteiger partial charge on any atom is -0.304 e. The Kier molecular flexibility index (Phi) is 4.59. The molecule has 27 heavy (non-hydrogen) atoms. The first-order valence-electron chi connectivity index (χ1n) is 9.06. The molecule has 0 spiro atoms. The number of carbonyl (C=O) groups excluding carboxylic acids is 3. The Morgan fingerprint density at radius 2 is 1.41 bits per heavy atom. The van der Waals surface area contributed by atoms with Crippen molar-refractivity contribution in [1.29, 1.82) is 0 Å². The summed E-state index contributed by atoms with van der Waals surface area (Å²) in [4.78, 5) is 43.2. The standard InChI is InChI=1S/C21H21N3O3/c1-22-10-12-23(13-11-22)14-19(25)15-6-8-16(9-7-15)24-20(26)17-4-2-3-5-18(17)21(24)27/h2-9H,10-14H2,1H3. The molecule has 2 amide bonds. The molecule has 0 unspecified atom stereocenters. The van der Waals surface area contributed by atoms with Crippen molar-refractivity contribution in [2.24, 2.45) is 0 Å². The predicted octanol–water partition coefficient (Wildman–Crippen LogP) is 1.92. The van der Waals surface area contributed by atoms with Gasteiger partial charge in [0.25, 0.3) is 11.8 Å². The molecule has 1 fully saturated rings. The van der Waals surface area contributed by atoms with Crippen LogP contribution in [0.15, 0.2) is 48.5 Å². The SMILES string of the molecule is CN1CCN(CC(=O)c2ccc(N3C(=O)c4ccccc4C3=O)cc2)CC1.